The van der Waals surface area contributed by atoms with Crippen LogP contribution in [0.1, 0.15) is 18.6 Å². The minimum Gasteiger partial charge on any atom is -0.388 e. The van der Waals surface area contributed by atoms with Crippen LogP contribution in [0.4, 0.5) is 8.78 Å². The Labute approximate surface area is 99.7 Å². The molecule has 0 radical (unpaired) electrons. The quantitative estimate of drug-likeness (QED) is 0.865. The highest BCUT2D eigenvalue weighted by atomic mass is 19.1. The van der Waals surface area contributed by atoms with E-state index in [9.17, 15) is 13.9 Å². The molecule has 2 unspecified atom stereocenters. The number of hydrogen-bond donors (Lipinski definition) is 1. The van der Waals surface area contributed by atoms with Gasteiger partial charge in [0.05, 0.1) is 6.10 Å². The molecule has 0 saturated carbocycles. The zero-order valence-corrected chi connectivity index (χ0v) is 8.98. The molecule has 0 amide bonds. The van der Waals surface area contributed by atoms with Gasteiger partial charge in [0.15, 0.2) is 0 Å². The molecule has 0 spiro atoms. The number of aliphatic hydroxyl groups is 1. The summed E-state index contributed by atoms with van der Waals surface area (Å²) in [5.41, 5.74) is 0.0500. The van der Waals surface area contributed by atoms with E-state index < -0.39 is 24.1 Å². The van der Waals surface area contributed by atoms with E-state index in [1.807, 2.05) is 0 Å². The van der Waals surface area contributed by atoms with Gasteiger partial charge in [-0.2, -0.15) is 0 Å². The van der Waals surface area contributed by atoms with Crippen molar-refractivity contribution in [3.05, 3.63) is 71.3 Å². The van der Waals surface area contributed by atoms with E-state index >= 15 is 0 Å². The van der Waals surface area contributed by atoms with Gasteiger partial charge >= 0.3 is 0 Å². The summed E-state index contributed by atoms with van der Waals surface area (Å²) in [5, 5.41) is 9.95. The van der Waals surface area contributed by atoms with Gasteiger partial charge in [0.2, 0.25) is 0 Å². The summed E-state index contributed by atoms with van der Waals surface area (Å²) in [6, 6.07) is 11.4. The SMILES string of the molecule is [2H]C(c1ccccc1F)C(O)c1ccccc1F. The first-order valence-electron chi connectivity index (χ1n) is 5.78. The number of aliphatic hydroxyl groups excluding tert-OH is 1. The van der Waals surface area contributed by atoms with E-state index in [-0.39, 0.29) is 11.1 Å². The monoisotopic (exact) mass is 235 g/mol. The predicted octanol–water partition coefficient (Wildman–Crippen LogP) is 3.24. The number of hydrogen-bond acceptors (Lipinski definition) is 1. The molecule has 0 aliphatic heterocycles. The minimum absolute atomic E-state index is 0.000697. The largest absolute Gasteiger partial charge is 0.388 e. The van der Waals surface area contributed by atoms with Gasteiger partial charge in [-0.05, 0) is 17.7 Å². The maximum absolute atomic E-state index is 13.5. The van der Waals surface area contributed by atoms with Crippen molar-refractivity contribution in [1.82, 2.24) is 0 Å². The van der Waals surface area contributed by atoms with E-state index in [1.54, 1.807) is 12.1 Å². The van der Waals surface area contributed by atoms with Crippen LogP contribution < -0.4 is 0 Å². The molecule has 0 bridgehead atoms. The molecule has 2 aromatic rings. The Balaban J connectivity index is 2.33. The molecule has 3 heteroatoms. The van der Waals surface area contributed by atoms with Crippen LogP contribution in [0.25, 0.3) is 0 Å². The van der Waals surface area contributed by atoms with Crippen LogP contribution >= 0.6 is 0 Å². The van der Waals surface area contributed by atoms with Crippen LogP contribution in [0.3, 0.4) is 0 Å². The van der Waals surface area contributed by atoms with Crippen LogP contribution in [-0.4, -0.2) is 5.11 Å². The van der Waals surface area contributed by atoms with Gasteiger partial charge in [-0.15, -0.1) is 0 Å². The van der Waals surface area contributed by atoms with E-state index in [2.05, 4.69) is 0 Å². The van der Waals surface area contributed by atoms with Crippen LogP contribution in [0.15, 0.2) is 48.5 Å². The Bertz CT molecular complexity index is 495. The standard InChI is InChI=1S/C14H12F2O/c15-12-7-3-1-5-10(12)9-14(17)11-6-2-4-8-13(11)16/h1-8,14,17H,9H2/i9D. The highest BCUT2D eigenvalue weighted by molar-refractivity contribution is 5.24. The summed E-state index contributed by atoms with van der Waals surface area (Å²) >= 11 is 0. The Morgan fingerprint density at radius 1 is 1.00 bits per heavy atom. The van der Waals surface area contributed by atoms with E-state index in [4.69, 9.17) is 1.37 Å². The van der Waals surface area contributed by atoms with Gasteiger partial charge in [0.25, 0.3) is 0 Å². The van der Waals surface area contributed by atoms with Crippen LogP contribution in [0.5, 0.6) is 0 Å². The molecule has 0 fully saturated rings. The van der Waals surface area contributed by atoms with Gasteiger partial charge < -0.3 is 5.11 Å². The normalized spacial score (nSPS) is 15.1. The molecule has 0 heterocycles. The predicted molar refractivity (Wildman–Crippen MR) is 61.5 cm³/mol. The smallest absolute Gasteiger partial charge is 0.129 e. The van der Waals surface area contributed by atoms with Crippen LogP contribution in [0.2, 0.25) is 0 Å². The van der Waals surface area contributed by atoms with Crippen molar-refractivity contribution < 1.29 is 15.3 Å². The topological polar surface area (TPSA) is 20.2 Å². The Morgan fingerprint density at radius 3 is 2.24 bits per heavy atom. The van der Waals surface area contributed by atoms with E-state index in [0.717, 1.165) is 0 Å². The summed E-state index contributed by atoms with van der Waals surface area (Å²) in [6.45, 7) is 0. The third-order valence-corrected chi connectivity index (χ3v) is 2.47. The summed E-state index contributed by atoms with van der Waals surface area (Å²) in [5.74, 6) is -1.17. The third-order valence-electron chi connectivity index (χ3n) is 2.47. The zero-order chi connectivity index (χ0) is 13.1. The molecular weight excluding hydrogens is 222 g/mol. The molecule has 1 N–H and O–H groups in total. The lowest BCUT2D eigenvalue weighted by molar-refractivity contribution is 0.172. The van der Waals surface area contributed by atoms with Gasteiger partial charge in [-0.1, -0.05) is 36.4 Å². The third kappa shape index (κ3) is 2.68. The molecule has 0 aliphatic rings. The van der Waals surface area contributed by atoms with Crippen molar-refractivity contribution >= 4 is 0 Å². The molecule has 2 aromatic carbocycles. The first kappa shape index (κ1) is 10.4. The fourth-order valence-corrected chi connectivity index (χ4v) is 1.59. The second-order valence-corrected chi connectivity index (χ2v) is 3.65. The maximum atomic E-state index is 13.5. The van der Waals surface area contributed by atoms with Crippen LogP contribution in [-0.2, 0) is 6.40 Å². The lowest BCUT2D eigenvalue weighted by Crippen LogP contribution is -2.05. The average Bonchev–Trinajstić information content (AvgIpc) is 2.38. The van der Waals surface area contributed by atoms with E-state index in [1.165, 1.54) is 36.4 Å². The Kier molecular flexibility index (Phi) is 3.10. The van der Waals surface area contributed by atoms with Crippen molar-refractivity contribution in [3.63, 3.8) is 0 Å². The molecule has 1 nitrogen and oxygen atoms in total. The van der Waals surface area contributed by atoms with Crippen molar-refractivity contribution in [2.24, 2.45) is 0 Å². The van der Waals surface area contributed by atoms with Crippen molar-refractivity contribution in [2.75, 3.05) is 0 Å². The van der Waals surface area contributed by atoms with Crippen molar-refractivity contribution in [3.8, 4) is 0 Å². The summed E-state index contributed by atoms with van der Waals surface area (Å²) in [4.78, 5) is 0. The molecule has 2 atom stereocenters. The van der Waals surface area contributed by atoms with Crippen molar-refractivity contribution in [1.29, 1.82) is 0 Å². The molecule has 0 aliphatic carbocycles. The van der Waals surface area contributed by atoms with Gasteiger partial charge in [0.1, 0.15) is 11.6 Å². The number of rotatable bonds is 3. The summed E-state index contributed by atoms with van der Waals surface area (Å²) < 4.78 is 34.8. The van der Waals surface area contributed by atoms with Crippen molar-refractivity contribution in [2.45, 2.75) is 12.5 Å². The Hall–Kier alpha value is -1.74. The Morgan fingerprint density at radius 2 is 1.59 bits per heavy atom. The first-order valence-corrected chi connectivity index (χ1v) is 5.20. The molecule has 88 valence electrons. The fraction of sp³-hybridized carbons (Fsp3) is 0.143. The summed E-state index contributed by atoms with van der Waals surface area (Å²) in [7, 11) is 0. The van der Waals surface area contributed by atoms with Gasteiger partial charge in [-0.3, -0.25) is 0 Å². The minimum atomic E-state index is -1.40. The highest BCUT2D eigenvalue weighted by Gasteiger charge is 2.14. The van der Waals surface area contributed by atoms with Gasteiger partial charge in [-0.25, -0.2) is 8.78 Å². The lowest BCUT2D eigenvalue weighted by Gasteiger charge is -2.12. The second kappa shape index (κ2) is 5.06. The molecular formula is C14H12F2O. The average molecular weight is 235 g/mol. The zero-order valence-electron chi connectivity index (χ0n) is 9.98. The second-order valence-electron chi connectivity index (χ2n) is 3.65. The molecule has 0 aromatic heterocycles. The highest BCUT2D eigenvalue weighted by Crippen LogP contribution is 2.22. The maximum Gasteiger partial charge on any atom is 0.129 e. The fourth-order valence-electron chi connectivity index (χ4n) is 1.59. The van der Waals surface area contributed by atoms with Gasteiger partial charge in [0, 0.05) is 13.3 Å². The number of benzene rings is 2. The van der Waals surface area contributed by atoms with Crippen LogP contribution in [0, 0.1) is 11.6 Å². The summed E-state index contributed by atoms with van der Waals surface area (Å²) in [6.07, 6.45) is -2.66. The molecule has 2 rings (SSSR count). The molecule has 0 saturated heterocycles. The molecule has 17 heavy (non-hydrogen) atoms. The number of halogens is 2. The lowest BCUT2D eigenvalue weighted by atomic mass is 10.0. The van der Waals surface area contributed by atoms with E-state index in [0.29, 0.717) is 0 Å². The first-order chi connectivity index (χ1) is 8.61.